The molecule has 1 amide bonds. The normalized spacial score (nSPS) is 17.8. The van der Waals surface area contributed by atoms with Crippen LogP contribution in [0.1, 0.15) is 12.8 Å². The van der Waals surface area contributed by atoms with Crippen LogP contribution in [0.15, 0.2) is 5.70 Å². The number of carbonyl (C=O) groups is 1. The maximum absolute atomic E-state index is 10.1. The van der Waals surface area contributed by atoms with E-state index in [0.29, 0.717) is 25.1 Å². The van der Waals surface area contributed by atoms with Crippen molar-refractivity contribution in [1.82, 2.24) is 4.90 Å². The smallest absolute Gasteiger partial charge is 0.214 e. The Hall–Kier alpha value is -1.08. The standard InChI is InChI=1S/C6H7NO2/c8-4-6-2-1-3-7(6)5-9/h5H,1-3H2. The lowest BCUT2D eigenvalue weighted by Crippen LogP contribution is -2.14. The Morgan fingerprint density at radius 3 is 2.89 bits per heavy atom. The van der Waals surface area contributed by atoms with Crippen molar-refractivity contribution < 1.29 is 9.59 Å². The molecule has 3 nitrogen and oxygen atoms in total. The van der Waals surface area contributed by atoms with Gasteiger partial charge >= 0.3 is 0 Å². The van der Waals surface area contributed by atoms with E-state index in [-0.39, 0.29) is 0 Å². The first-order valence-corrected chi connectivity index (χ1v) is 2.84. The summed E-state index contributed by atoms with van der Waals surface area (Å²) in [5.74, 6) is 1.73. The lowest BCUT2D eigenvalue weighted by atomic mass is 10.3. The van der Waals surface area contributed by atoms with Gasteiger partial charge in [0.2, 0.25) is 6.41 Å². The summed E-state index contributed by atoms with van der Waals surface area (Å²) in [5.41, 5.74) is 0.491. The largest absolute Gasteiger partial charge is 0.309 e. The van der Waals surface area contributed by atoms with E-state index in [1.807, 2.05) is 0 Å². The van der Waals surface area contributed by atoms with Crippen molar-refractivity contribution in [3.05, 3.63) is 5.70 Å². The summed E-state index contributed by atoms with van der Waals surface area (Å²) in [4.78, 5) is 21.5. The number of hydrogen-bond acceptors (Lipinski definition) is 2. The van der Waals surface area contributed by atoms with Gasteiger partial charge in [0.1, 0.15) is 11.6 Å². The highest BCUT2D eigenvalue weighted by molar-refractivity contribution is 5.62. The molecule has 1 fully saturated rings. The molecule has 1 aliphatic rings. The highest BCUT2D eigenvalue weighted by atomic mass is 16.1. The van der Waals surface area contributed by atoms with Crippen LogP contribution in [0.4, 0.5) is 0 Å². The number of allylic oxidation sites excluding steroid dienone is 1. The van der Waals surface area contributed by atoms with Gasteiger partial charge in [-0.25, -0.2) is 4.79 Å². The maximum Gasteiger partial charge on any atom is 0.214 e. The van der Waals surface area contributed by atoms with Crippen molar-refractivity contribution in [3.8, 4) is 0 Å². The summed E-state index contributed by atoms with van der Waals surface area (Å²) >= 11 is 0. The van der Waals surface area contributed by atoms with Gasteiger partial charge in [-0.05, 0) is 6.42 Å². The molecule has 9 heavy (non-hydrogen) atoms. The third kappa shape index (κ3) is 1.00. The number of rotatable bonds is 1. The fraction of sp³-hybridized carbons (Fsp3) is 0.500. The molecule has 1 saturated heterocycles. The van der Waals surface area contributed by atoms with Crippen molar-refractivity contribution in [2.75, 3.05) is 6.54 Å². The van der Waals surface area contributed by atoms with Crippen molar-refractivity contribution >= 4 is 12.4 Å². The molecule has 0 aromatic rings. The molecule has 0 radical (unpaired) electrons. The van der Waals surface area contributed by atoms with E-state index in [2.05, 4.69) is 0 Å². The van der Waals surface area contributed by atoms with E-state index in [0.717, 1.165) is 6.42 Å². The molecular weight excluding hydrogens is 118 g/mol. The van der Waals surface area contributed by atoms with Crippen molar-refractivity contribution in [3.63, 3.8) is 0 Å². The van der Waals surface area contributed by atoms with Crippen LogP contribution < -0.4 is 0 Å². The Bertz CT molecular complexity index is 170. The Morgan fingerprint density at radius 2 is 2.44 bits per heavy atom. The van der Waals surface area contributed by atoms with E-state index in [4.69, 9.17) is 0 Å². The van der Waals surface area contributed by atoms with Crippen LogP contribution in [0.5, 0.6) is 0 Å². The molecule has 1 aliphatic heterocycles. The topological polar surface area (TPSA) is 37.4 Å². The average Bonchev–Trinajstić information content (AvgIpc) is 2.33. The third-order valence-corrected chi connectivity index (χ3v) is 1.40. The highest BCUT2D eigenvalue weighted by Crippen LogP contribution is 2.14. The number of nitrogens with zero attached hydrogens (tertiary/aromatic N) is 1. The molecule has 0 N–H and O–H groups in total. The minimum absolute atomic E-state index is 0.491. The monoisotopic (exact) mass is 125 g/mol. The lowest BCUT2D eigenvalue weighted by molar-refractivity contribution is -0.115. The predicted octanol–water partition coefficient (Wildman–Crippen LogP) is -0.0459. The molecule has 0 unspecified atom stereocenters. The van der Waals surface area contributed by atoms with Gasteiger partial charge in [-0.1, -0.05) is 0 Å². The van der Waals surface area contributed by atoms with Gasteiger partial charge in [0, 0.05) is 13.0 Å². The number of carbonyl (C=O) groups excluding carboxylic acids is 2. The summed E-state index contributed by atoms with van der Waals surface area (Å²) in [6.07, 6.45) is 2.26. The zero-order valence-corrected chi connectivity index (χ0v) is 4.96. The first-order valence-electron chi connectivity index (χ1n) is 2.84. The van der Waals surface area contributed by atoms with Crippen molar-refractivity contribution in [2.45, 2.75) is 12.8 Å². The fourth-order valence-corrected chi connectivity index (χ4v) is 0.921. The van der Waals surface area contributed by atoms with Crippen LogP contribution >= 0.6 is 0 Å². The number of hydrogen-bond donors (Lipinski definition) is 0. The molecule has 3 heteroatoms. The zero-order chi connectivity index (χ0) is 6.69. The van der Waals surface area contributed by atoms with E-state index >= 15 is 0 Å². The molecule has 0 saturated carbocycles. The second-order valence-electron chi connectivity index (χ2n) is 1.95. The van der Waals surface area contributed by atoms with Gasteiger partial charge in [-0.2, -0.15) is 0 Å². The molecule has 1 rings (SSSR count). The van der Waals surface area contributed by atoms with Crippen LogP contribution in [0.2, 0.25) is 0 Å². The van der Waals surface area contributed by atoms with Gasteiger partial charge in [-0.15, -0.1) is 0 Å². The second-order valence-corrected chi connectivity index (χ2v) is 1.95. The molecule has 0 aromatic heterocycles. The quantitative estimate of drug-likeness (QED) is 0.364. The molecule has 0 bridgehead atoms. The van der Waals surface area contributed by atoms with Gasteiger partial charge in [0.05, 0.1) is 0 Å². The Balaban J connectivity index is 2.73. The summed E-state index contributed by atoms with van der Waals surface area (Å²) in [5, 5.41) is 0. The summed E-state index contributed by atoms with van der Waals surface area (Å²) in [7, 11) is 0. The van der Waals surface area contributed by atoms with Gasteiger partial charge in [0.15, 0.2) is 0 Å². The summed E-state index contributed by atoms with van der Waals surface area (Å²) in [6.45, 7) is 0.675. The lowest BCUT2D eigenvalue weighted by Gasteiger charge is -2.04. The van der Waals surface area contributed by atoms with Crippen LogP contribution in [0.25, 0.3) is 0 Å². The SMILES string of the molecule is O=C=C1CCCN1C=O. The second kappa shape index (κ2) is 2.46. The molecular formula is C6H7NO2. The Labute approximate surface area is 53.0 Å². The van der Waals surface area contributed by atoms with Crippen molar-refractivity contribution in [2.24, 2.45) is 0 Å². The van der Waals surface area contributed by atoms with E-state index in [1.165, 1.54) is 4.90 Å². The number of likely N-dealkylation sites (tertiary alicyclic amines) is 1. The Morgan fingerprint density at radius 1 is 1.67 bits per heavy atom. The zero-order valence-electron chi connectivity index (χ0n) is 4.96. The maximum atomic E-state index is 10.1. The predicted molar refractivity (Wildman–Crippen MR) is 31.2 cm³/mol. The van der Waals surface area contributed by atoms with Crippen LogP contribution in [0.3, 0.4) is 0 Å². The molecule has 1 heterocycles. The first kappa shape index (κ1) is 6.05. The minimum atomic E-state index is 0.491. The minimum Gasteiger partial charge on any atom is -0.309 e. The number of amides is 1. The summed E-state index contributed by atoms with van der Waals surface area (Å²) in [6, 6.07) is 0. The van der Waals surface area contributed by atoms with Crippen LogP contribution in [-0.2, 0) is 9.59 Å². The van der Waals surface area contributed by atoms with Gasteiger partial charge < -0.3 is 4.90 Å². The van der Waals surface area contributed by atoms with E-state index < -0.39 is 0 Å². The fourth-order valence-electron chi connectivity index (χ4n) is 0.921. The molecule has 0 aliphatic carbocycles. The first-order chi connectivity index (χ1) is 4.38. The molecule has 0 aromatic carbocycles. The van der Waals surface area contributed by atoms with Gasteiger partial charge in [-0.3, -0.25) is 4.79 Å². The van der Waals surface area contributed by atoms with E-state index in [9.17, 15) is 9.59 Å². The highest BCUT2D eigenvalue weighted by Gasteiger charge is 2.15. The van der Waals surface area contributed by atoms with E-state index in [1.54, 1.807) is 5.94 Å². The molecule has 48 valence electrons. The Kier molecular flexibility index (Phi) is 1.66. The molecule has 0 spiro atoms. The molecule has 0 atom stereocenters. The van der Waals surface area contributed by atoms with Crippen molar-refractivity contribution in [1.29, 1.82) is 0 Å². The van der Waals surface area contributed by atoms with Crippen LogP contribution in [0, 0.1) is 0 Å². The summed E-state index contributed by atoms with van der Waals surface area (Å²) < 4.78 is 0. The van der Waals surface area contributed by atoms with Crippen LogP contribution in [-0.4, -0.2) is 23.8 Å². The average molecular weight is 125 g/mol. The third-order valence-electron chi connectivity index (χ3n) is 1.40. The van der Waals surface area contributed by atoms with Gasteiger partial charge in [0.25, 0.3) is 0 Å².